The summed E-state index contributed by atoms with van der Waals surface area (Å²) in [4.78, 5) is 2.61. The molecule has 0 amide bonds. The van der Waals surface area contributed by atoms with Crippen molar-refractivity contribution in [1.82, 2.24) is 10.2 Å². The maximum absolute atomic E-state index is 3.70. The number of hydrogen-bond acceptors (Lipinski definition) is 2. The van der Waals surface area contributed by atoms with Gasteiger partial charge in [-0.15, -0.1) is 0 Å². The first-order valence-corrected chi connectivity index (χ1v) is 6.89. The van der Waals surface area contributed by atoms with Gasteiger partial charge in [-0.1, -0.05) is 18.2 Å². The standard InChI is InChI=1S/C15H22N2/c1-12-5-4-6-13-7-8-16-14(15(12)13)11-17-9-2-3-10-17/h4-6,14,16H,2-3,7-11H2,1H3. The van der Waals surface area contributed by atoms with Crippen LogP contribution in [0.15, 0.2) is 18.2 Å². The number of rotatable bonds is 2. The second kappa shape index (κ2) is 4.79. The second-order valence-electron chi connectivity index (χ2n) is 5.41. The molecule has 1 atom stereocenters. The van der Waals surface area contributed by atoms with Crippen molar-refractivity contribution >= 4 is 0 Å². The van der Waals surface area contributed by atoms with Gasteiger partial charge in [0, 0.05) is 12.6 Å². The van der Waals surface area contributed by atoms with Gasteiger partial charge in [0.1, 0.15) is 0 Å². The lowest BCUT2D eigenvalue weighted by Gasteiger charge is -2.31. The van der Waals surface area contributed by atoms with Gasteiger partial charge in [-0.2, -0.15) is 0 Å². The molecular formula is C15H22N2. The van der Waals surface area contributed by atoms with Crippen molar-refractivity contribution in [3.63, 3.8) is 0 Å². The third-order valence-corrected chi connectivity index (χ3v) is 4.19. The first-order valence-electron chi connectivity index (χ1n) is 6.89. The summed E-state index contributed by atoms with van der Waals surface area (Å²) < 4.78 is 0. The minimum absolute atomic E-state index is 0.554. The average Bonchev–Trinajstić information content (AvgIpc) is 2.82. The summed E-state index contributed by atoms with van der Waals surface area (Å²) >= 11 is 0. The van der Waals surface area contributed by atoms with E-state index in [1.807, 2.05) is 0 Å². The van der Waals surface area contributed by atoms with E-state index in [-0.39, 0.29) is 0 Å². The fourth-order valence-electron chi connectivity index (χ4n) is 3.32. The van der Waals surface area contributed by atoms with Crippen LogP contribution in [0.25, 0.3) is 0 Å². The van der Waals surface area contributed by atoms with Gasteiger partial charge in [0.25, 0.3) is 0 Å². The highest BCUT2D eigenvalue weighted by molar-refractivity contribution is 5.39. The monoisotopic (exact) mass is 230 g/mol. The third kappa shape index (κ3) is 2.24. The van der Waals surface area contributed by atoms with E-state index in [0.29, 0.717) is 6.04 Å². The fraction of sp³-hybridized carbons (Fsp3) is 0.600. The summed E-state index contributed by atoms with van der Waals surface area (Å²) in [6.45, 7) is 7.16. The molecule has 1 fully saturated rings. The Hall–Kier alpha value is -0.860. The molecule has 1 saturated heterocycles. The Morgan fingerprint density at radius 2 is 2.12 bits per heavy atom. The van der Waals surface area contributed by atoms with Gasteiger partial charge in [-0.25, -0.2) is 0 Å². The molecule has 2 heterocycles. The molecule has 3 rings (SSSR count). The summed E-state index contributed by atoms with van der Waals surface area (Å²) in [6.07, 6.45) is 3.95. The molecule has 2 aliphatic rings. The van der Waals surface area contributed by atoms with Gasteiger partial charge < -0.3 is 10.2 Å². The Bertz CT molecular complexity index is 394. The quantitative estimate of drug-likeness (QED) is 0.838. The van der Waals surface area contributed by atoms with Crippen LogP contribution in [0, 0.1) is 6.92 Å². The highest BCUT2D eigenvalue weighted by atomic mass is 15.2. The molecule has 0 bridgehead atoms. The summed E-state index contributed by atoms with van der Waals surface area (Å²) in [5.74, 6) is 0. The number of nitrogens with zero attached hydrogens (tertiary/aromatic N) is 1. The molecule has 2 nitrogen and oxygen atoms in total. The van der Waals surface area contributed by atoms with E-state index in [0.717, 1.165) is 6.54 Å². The summed E-state index contributed by atoms with van der Waals surface area (Å²) in [5, 5.41) is 3.70. The predicted molar refractivity (Wildman–Crippen MR) is 71.3 cm³/mol. The van der Waals surface area contributed by atoms with Gasteiger partial charge in [0.15, 0.2) is 0 Å². The molecule has 0 spiro atoms. The topological polar surface area (TPSA) is 15.3 Å². The molecule has 17 heavy (non-hydrogen) atoms. The number of aryl methyl sites for hydroxylation is 1. The molecule has 0 saturated carbocycles. The lowest BCUT2D eigenvalue weighted by atomic mass is 9.90. The molecule has 2 heteroatoms. The largest absolute Gasteiger partial charge is 0.309 e. The lowest BCUT2D eigenvalue weighted by Crippen LogP contribution is -2.38. The van der Waals surface area contributed by atoms with Gasteiger partial charge >= 0.3 is 0 Å². The maximum atomic E-state index is 3.70. The first-order chi connectivity index (χ1) is 8.34. The van der Waals surface area contributed by atoms with Crippen LogP contribution in [0.4, 0.5) is 0 Å². The number of fused-ring (bicyclic) bond motifs is 1. The SMILES string of the molecule is Cc1cccc2c1C(CN1CCCC1)NCC2. The van der Waals surface area contributed by atoms with Crippen molar-refractivity contribution < 1.29 is 0 Å². The highest BCUT2D eigenvalue weighted by Gasteiger charge is 2.24. The van der Waals surface area contributed by atoms with E-state index in [2.05, 4.69) is 35.3 Å². The van der Waals surface area contributed by atoms with Gasteiger partial charge in [0.2, 0.25) is 0 Å². The molecular weight excluding hydrogens is 208 g/mol. The Kier molecular flexibility index (Phi) is 3.17. The van der Waals surface area contributed by atoms with E-state index in [1.165, 1.54) is 44.5 Å². The van der Waals surface area contributed by atoms with Crippen molar-refractivity contribution in [2.24, 2.45) is 0 Å². The van der Waals surface area contributed by atoms with Crippen molar-refractivity contribution in [1.29, 1.82) is 0 Å². The molecule has 1 aromatic carbocycles. The third-order valence-electron chi connectivity index (χ3n) is 4.19. The Labute approximate surface area is 104 Å². The number of benzene rings is 1. The van der Waals surface area contributed by atoms with E-state index in [1.54, 1.807) is 11.1 Å². The van der Waals surface area contributed by atoms with Crippen LogP contribution in [0.3, 0.4) is 0 Å². The molecule has 0 aromatic heterocycles. The normalized spacial score (nSPS) is 24.9. The fourth-order valence-corrected chi connectivity index (χ4v) is 3.32. The lowest BCUT2D eigenvalue weighted by molar-refractivity contribution is 0.287. The number of hydrogen-bond donors (Lipinski definition) is 1. The van der Waals surface area contributed by atoms with Crippen LogP contribution in [-0.2, 0) is 6.42 Å². The van der Waals surface area contributed by atoms with E-state index in [9.17, 15) is 0 Å². The van der Waals surface area contributed by atoms with Crippen LogP contribution >= 0.6 is 0 Å². The zero-order valence-corrected chi connectivity index (χ0v) is 10.7. The zero-order valence-electron chi connectivity index (χ0n) is 10.7. The maximum Gasteiger partial charge on any atom is 0.0454 e. The van der Waals surface area contributed by atoms with Crippen molar-refractivity contribution in [3.05, 3.63) is 34.9 Å². The van der Waals surface area contributed by atoms with Crippen LogP contribution < -0.4 is 5.32 Å². The van der Waals surface area contributed by atoms with Gasteiger partial charge in [0.05, 0.1) is 0 Å². The summed E-state index contributed by atoms with van der Waals surface area (Å²) in [6, 6.07) is 7.31. The van der Waals surface area contributed by atoms with Gasteiger partial charge in [-0.3, -0.25) is 0 Å². The molecule has 1 unspecified atom stereocenters. The summed E-state index contributed by atoms with van der Waals surface area (Å²) in [5.41, 5.74) is 4.59. The molecule has 92 valence electrons. The smallest absolute Gasteiger partial charge is 0.0454 e. The highest BCUT2D eigenvalue weighted by Crippen LogP contribution is 2.27. The van der Waals surface area contributed by atoms with E-state index in [4.69, 9.17) is 0 Å². The van der Waals surface area contributed by atoms with E-state index < -0.39 is 0 Å². The van der Waals surface area contributed by atoms with Gasteiger partial charge in [-0.05, 0) is 62.5 Å². The number of likely N-dealkylation sites (tertiary alicyclic amines) is 1. The average molecular weight is 230 g/mol. The minimum atomic E-state index is 0.554. The molecule has 0 radical (unpaired) electrons. The Balaban J connectivity index is 1.83. The van der Waals surface area contributed by atoms with Crippen LogP contribution in [0.2, 0.25) is 0 Å². The Morgan fingerprint density at radius 3 is 2.94 bits per heavy atom. The zero-order chi connectivity index (χ0) is 11.7. The van der Waals surface area contributed by atoms with E-state index >= 15 is 0 Å². The molecule has 1 N–H and O–H groups in total. The molecule has 2 aliphatic heterocycles. The molecule has 1 aromatic rings. The Morgan fingerprint density at radius 1 is 1.29 bits per heavy atom. The van der Waals surface area contributed by atoms with Crippen LogP contribution in [0.5, 0.6) is 0 Å². The second-order valence-corrected chi connectivity index (χ2v) is 5.41. The van der Waals surface area contributed by atoms with Crippen LogP contribution in [-0.4, -0.2) is 31.1 Å². The van der Waals surface area contributed by atoms with Crippen molar-refractivity contribution in [2.75, 3.05) is 26.2 Å². The van der Waals surface area contributed by atoms with Crippen molar-refractivity contribution in [2.45, 2.75) is 32.2 Å². The van der Waals surface area contributed by atoms with Crippen LogP contribution in [0.1, 0.15) is 35.6 Å². The van der Waals surface area contributed by atoms with Crippen molar-refractivity contribution in [3.8, 4) is 0 Å². The number of nitrogens with one attached hydrogen (secondary N) is 1. The first kappa shape index (κ1) is 11.2. The summed E-state index contributed by atoms with van der Waals surface area (Å²) in [7, 11) is 0. The predicted octanol–water partition coefficient (Wildman–Crippen LogP) is 2.28. The molecule has 0 aliphatic carbocycles. The minimum Gasteiger partial charge on any atom is -0.309 e.